The highest BCUT2D eigenvalue weighted by Crippen LogP contribution is 2.31. The number of fused-ring (bicyclic) bond motifs is 1. The normalized spacial score (nSPS) is 11.0. The highest BCUT2D eigenvalue weighted by molar-refractivity contribution is 7.80. The number of nitrogens with zero attached hydrogens (tertiary/aromatic N) is 3. The summed E-state index contributed by atoms with van der Waals surface area (Å²) in [5.74, 6) is 0.779. The van der Waals surface area contributed by atoms with E-state index in [0.717, 1.165) is 5.56 Å². The van der Waals surface area contributed by atoms with Crippen LogP contribution in [0.3, 0.4) is 0 Å². The third kappa shape index (κ3) is 2.15. The van der Waals surface area contributed by atoms with Crippen molar-refractivity contribution in [2.24, 2.45) is 5.73 Å². The van der Waals surface area contributed by atoms with E-state index in [4.69, 9.17) is 29.4 Å². The maximum atomic E-state index is 6.26. The SMILES string of the molecule is Cc1ccccc1Cn1c(N)c(C(N)=S)c2c(N)ncnc21. The minimum absolute atomic E-state index is 0.188. The first-order valence-corrected chi connectivity index (χ1v) is 7.14. The summed E-state index contributed by atoms with van der Waals surface area (Å²) < 4.78 is 1.87. The molecule has 0 radical (unpaired) electrons. The summed E-state index contributed by atoms with van der Waals surface area (Å²) in [6, 6.07) is 8.08. The first-order chi connectivity index (χ1) is 10.5. The molecule has 0 spiro atoms. The van der Waals surface area contributed by atoms with E-state index >= 15 is 0 Å². The largest absolute Gasteiger partial charge is 0.389 e. The molecule has 1 aromatic carbocycles. The van der Waals surface area contributed by atoms with E-state index in [1.54, 1.807) is 0 Å². The van der Waals surface area contributed by atoms with Gasteiger partial charge in [0.25, 0.3) is 0 Å². The molecule has 0 saturated heterocycles. The highest BCUT2D eigenvalue weighted by Gasteiger charge is 2.21. The zero-order chi connectivity index (χ0) is 15.9. The molecular formula is C15H16N6S. The summed E-state index contributed by atoms with van der Waals surface area (Å²) in [5, 5.41) is 0.612. The lowest BCUT2D eigenvalue weighted by Crippen LogP contribution is -2.13. The Morgan fingerprint density at radius 1 is 1.23 bits per heavy atom. The second kappa shape index (κ2) is 5.27. The number of benzene rings is 1. The van der Waals surface area contributed by atoms with E-state index in [0.29, 0.717) is 34.8 Å². The number of anilines is 2. The Hall–Kier alpha value is -2.67. The van der Waals surface area contributed by atoms with Crippen molar-refractivity contribution in [2.45, 2.75) is 13.5 Å². The lowest BCUT2D eigenvalue weighted by atomic mass is 10.1. The monoisotopic (exact) mass is 312 g/mol. The van der Waals surface area contributed by atoms with Crippen LogP contribution in [0.25, 0.3) is 11.0 Å². The van der Waals surface area contributed by atoms with E-state index in [2.05, 4.69) is 23.0 Å². The van der Waals surface area contributed by atoms with Crippen LogP contribution in [0, 0.1) is 6.92 Å². The van der Waals surface area contributed by atoms with Gasteiger partial charge in [-0.3, -0.25) is 0 Å². The van der Waals surface area contributed by atoms with Crippen LogP contribution in [-0.4, -0.2) is 19.5 Å². The van der Waals surface area contributed by atoms with Gasteiger partial charge in [-0.1, -0.05) is 36.5 Å². The van der Waals surface area contributed by atoms with Gasteiger partial charge in [0.2, 0.25) is 0 Å². The molecule has 6 N–H and O–H groups in total. The average Bonchev–Trinajstić information content (AvgIpc) is 2.76. The van der Waals surface area contributed by atoms with Crippen LogP contribution >= 0.6 is 12.2 Å². The molecule has 0 unspecified atom stereocenters. The Bertz CT molecular complexity index is 883. The molecule has 0 amide bonds. The molecule has 7 heteroatoms. The number of aryl methyl sites for hydroxylation is 1. The molecule has 0 fully saturated rings. The number of nitrogen functional groups attached to an aromatic ring is 2. The fourth-order valence-corrected chi connectivity index (χ4v) is 2.79. The lowest BCUT2D eigenvalue weighted by Gasteiger charge is -2.10. The number of rotatable bonds is 3. The van der Waals surface area contributed by atoms with Crippen LogP contribution in [0.1, 0.15) is 16.7 Å². The summed E-state index contributed by atoms with van der Waals surface area (Å²) in [4.78, 5) is 8.51. The summed E-state index contributed by atoms with van der Waals surface area (Å²) >= 11 is 5.11. The molecule has 0 bridgehead atoms. The Balaban J connectivity index is 2.27. The minimum atomic E-state index is 0.188. The third-order valence-corrected chi connectivity index (χ3v) is 3.95. The predicted octanol–water partition coefficient (Wildman–Crippen LogP) is 1.59. The Kier molecular flexibility index (Phi) is 3.42. The van der Waals surface area contributed by atoms with Crippen LogP contribution in [0.2, 0.25) is 0 Å². The summed E-state index contributed by atoms with van der Waals surface area (Å²) in [6.07, 6.45) is 1.41. The molecule has 6 nitrogen and oxygen atoms in total. The van der Waals surface area contributed by atoms with Gasteiger partial charge < -0.3 is 21.8 Å². The Labute approximate surface area is 133 Å². The second-order valence-corrected chi connectivity index (χ2v) is 5.53. The van der Waals surface area contributed by atoms with Crippen LogP contribution in [0.15, 0.2) is 30.6 Å². The molecule has 0 aliphatic rings. The van der Waals surface area contributed by atoms with Gasteiger partial charge in [-0.05, 0) is 18.1 Å². The number of aromatic nitrogens is 3. The molecule has 3 rings (SSSR count). The van der Waals surface area contributed by atoms with E-state index in [1.807, 2.05) is 22.8 Å². The standard InChI is InChI=1S/C15H16N6S/c1-8-4-2-3-5-9(8)6-21-13(17)11(14(18)22)10-12(16)19-7-20-15(10)21/h2-5,7H,6,17H2,1H3,(H2,18,22)(H2,16,19,20). The predicted molar refractivity (Wildman–Crippen MR) is 92.5 cm³/mol. The van der Waals surface area contributed by atoms with Gasteiger partial charge in [0.05, 0.1) is 17.5 Å². The maximum absolute atomic E-state index is 6.26. The van der Waals surface area contributed by atoms with Gasteiger partial charge >= 0.3 is 0 Å². The molecule has 2 aromatic heterocycles. The van der Waals surface area contributed by atoms with Crippen molar-refractivity contribution < 1.29 is 0 Å². The molecule has 0 saturated carbocycles. The third-order valence-electron chi connectivity index (χ3n) is 3.75. The topological polar surface area (TPSA) is 109 Å². The molecule has 2 heterocycles. The van der Waals surface area contributed by atoms with Crippen LogP contribution < -0.4 is 17.2 Å². The first-order valence-electron chi connectivity index (χ1n) is 6.73. The fourth-order valence-electron chi connectivity index (χ4n) is 2.58. The molecule has 112 valence electrons. The van der Waals surface area contributed by atoms with Gasteiger partial charge in [-0.2, -0.15) is 0 Å². The van der Waals surface area contributed by atoms with Crippen molar-refractivity contribution >= 4 is 39.9 Å². The first kappa shape index (κ1) is 14.3. The van der Waals surface area contributed by atoms with Gasteiger partial charge in [-0.15, -0.1) is 0 Å². The summed E-state index contributed by atoms with van der Waals surface area (Å²) in [7, 11) is 0. The van der Waals surface area contributed by atoms with Gasteiger partial charge in [-0.25, -0.2) is 9.97 Å². The van der Waals surface area contributed by atoms with E-state index in [1.165, 1.54) is 11.9 Å². The van der Waals surface area contributed by atoms with Crippen molar-refractivity contribution in [1.82, 2.24) is 14.5 Å². The smallest absolute Gasteiger partial charge is 0.148 e. The van der Waals surface area contributed by atoms with Crippen molar-refractivity contribution in [2.75, 3.05) is 11.5 Å². The highest BCUT2D eigenvalue weighted by atomic mass is 32.1. The van der Waals surface area contributed by atoms with Gasteiger partial charge in [0, 0.05) is 0 Å². The van der Waals surface area contributed by atoms with Crippen LogP contribution in [-0.2, 0) is 6.54 Å². The van der Waals surface area contributed by atoms with E-state index in [-0.39, 0.29) is 4.99 Å². The summed E-state index contributed by atoms with van der Waals surface area (Å²) in [6.45, 7) is 2.61. The molecule has 0 aliphatic heterocycles. The van der Waals surface area contributed by atoms with Crippen LogP contribution in [0.5, 0.6) is 0 Å². The molecule has 0 aliphatic carbocycles. The summed E-state index contributed by atoms with van der Waals surface area (Å²) in [5.41, 5.74) is 21.5. The zero-order valence-electron chi connectivity index (χ0n) is 12.1. The number of thiocarbonyl (C=S) groups is 1. The lowest BCUT2D eigenvalue weighted by molar-refractivity contribution is 0.828. The van der Waals surface area contributed by atoms with Crippen molar-refractivity contribution in [1.29, 1.82) is 0 Å². The molecule has 0 atom stereocenters. The van der Waals surface area contributed by atoms with Crippen molar-refractivity contribution in [3.63, 3.8) is 0 Å². The quantitative estimate of drug-likeness (QED) is 0.634. The molecule has 3 aromatic rings. The molecule has 22 heavy (non-hydrogen) atoms. The number of hydrogen-bond donors (Lipinski definition) is 3. The van der Waals surface area contributed by atoms with Gasteiger partial charge in [0.15, 0.2) is 0 Å². The van der Waals surface area contributed by atoms with Crippen molar-refractivity contribution in [3.8, 4) is 0 Å². The van der Waals surface area contributed by atoms with Crippen LogP contribution in [0.4, 0.5) is 11.6 Å². The number of nitrogens with two attached hydrogens (primary N) is 3. The average molecular weight is 312 g/mol. The Morgan fingerprint density at radius 3 is 2.64 bits per heavy atom. The van der Waals surface area contributed by atoms with E-state index in [9.17, 15) is 0 Å². The minimum Gasteiger partial charge on any atom is -0.389 e. The van der Waals surface area contributed by atoms with Crippen molar-refractivity contribution in [3.05, 3.63) is 47.3 Å². The van der Waals surface area contributed by atoms with E-state index < -0.39 is 0 Å². The fraction of sp³-hybridized carbons (Fsp3) is 0.133. The Morgan fingerprint density at radius 2 is 1.95 bits per heavy atom. The second-order valence-electron chi connectivity index (χ2n) is 5.09. The maximum Gasteiger partial charge on any atom is 0.148 e. The number of hydrogen-bond acceptors (Lipinski definition) is 5. The molecular weight excluding hydrogens is 296 g/mol. The zero-order valence-corrected chi connectivity index (χ0v) is 12.9. The van der Waals surface area contributed by atoms with Gasteiger partial charge in [0.1, 0.15) is 28.6 Å².